The van der Waals surface area contributed by atoms with Gasteiger partial charge >= 0.3 is 6.36 Å². The number of aryl methyl sites for hydroxylation is 2. The third kappa shape index (κ3) is 8.40. The summed E-state index contributed by atoms with van der Waals surface area (Å²) in [6.07, 6.45) is 3.33. The first-order valence-corrected chi connectivity index (χ1v) is 12.6. The van der Waals surface area contributed by atoms with E-state index >= 15 is 0 Å². The summed E-state index contributed by atoms with van der Waals surface area (Å²) in [6, 6.07) is 11.0. The third-order valence-electron chi connectivity index (χ3n) is 5.14. The van der Waals surface area contributed by atoms with Crippen LogP contribution < -0.4 is 9.47 Å². The Kier molecular flexibility index (Phi) is 8.51. The molecule has 0 N–H and O–H groups in total. The molecule has 0 amide bonds. The van der Waals surface area contributed by atoms with Crippen molar-refractivity contribution in [3.05, 3.63) is 89.4 Å². The highest BCUT2D eigenvalue weighted by Crippen LogP contribution is 2.24. The molecule has 0 saturated carbocycles. The van der Waals surface area contributed by atoms with Crippen LogP contribution in [0.5, 0.6) is 11.5 Å². The molecule has 0 bridgehead atoms. The predicted molar refractivity (Wildman–Crippen MR) is 131 cm³/mol. The zero-order valence-corrected chi connectivity index (χ0v) is 20.5. The largest absolute Gasteiger partial charge is 0.616 e. The molecule has 4 rings (SSSR count). The van der Waals surface area contributed by atoms with E-state index in [1.54, 1.807) is 29.2 Å². The number of benzene rings is 2. The van der Waals surface area contributed by atoms with Gasteiger partial charge in [-0.2, -0.15) is 0 Å². The van der Waals surface area contributed by atoms with Crippen molar-refractivity contribution >= 4 is 23.3 Å². The van der Waals surface area contributed by atoms with Crippen molar-refractivity contribution in [2.45, 2.75) is 32.2 Å². The topological polar surface area (TPSA) is 98.3 Å². The molecule has 4 aromatic rings. The number of hydrogen-bond donors (Lipinski definition) is 0. The summed E-state index contributed by atoms with van der Waals surface area (Å²) in [5.74, 6) is 1.62. The number of hydrogen-bond acceptors (Lipinski definition) is 7. The Labute approximate surface area is 213 Å². The summed E-state index contributed by atoms with van der Waals surface area (Å²) in [6.45, 7) is 2.67. The second-order valence-corrected chi connectivity index (χ2v) is 9.54. The Bertz CT molecular complexity index is 1310. The van der Waals surface area contributed by atoms with Crippen molar-refractivity contribution in [1.82, 2.24) is 20.0 Å². The second kappa shape index (κ2) is 12.0. The lowest BCUT2D eigenvalue weighted by molar-refractivity contribution is -0.274. The van der Waals surface area contributed by atoms with Crippen molar-refractivity contribution in [3.8, 4) is 11.5 Å². The molecule has 0 aliphatic heterocycles. The summed E-state index contributed by atoms with van der Waals surface area (Å²) >= 11 is -1.03. The summed E-state index contributed by atoms with van der Waals surface area (Å²) in [7, 11) is 0. The molecule has 194 valence electrons. The van der Waals surface area contributed by atoms with Gasteiger partial charge < -0.3 is 18.4 Å². The van der Waals surface area contributed by atoms with Crippen LogP contribution in [-0.2, 0) is 30.1 Å². The van der Waals surface area contributed by atoms with E-state index in [1.165, 1.54) is 30.5 Å². The van der Waals surface area contributed by atoms with Gasteiger partial charge in [-0.1, -0.05) is 23.4 Å². The zero-order valence-electron chi connectivity index (χ0n) is 19.7. The fourth-order valence-corrected chi connectivity index (χ4v) is 4.49. The first kappa shape index (κ1) is 26.3. The SMILES string of the molecule is Cc1cc(OCc2coc(/C=C/c3ccc(OC(F)(F)F)cc3)n2)ccc1C[S+]([O-])CCn1ccnn1. The molecule has 8 nitrogen and oxygen atoms in total. The molecule has 12 heteroatoms. The van der Waals surface area contributed by atoms with Gasteiger partial charge in [0.2, 0.25) is 5.89 Å². The summed E-state index contributed by atoms with van der Waals surface area (Å²) in [4.78, 5) is 4.32. The highest BCUT2D eigenvalue weighted by molar-refractivity contribution is 7.90. The number of nitrogens with zero attached hydrogens (tertiary/aromatic N) is 4. The predicted octanol–water partition coefficient (Wildman–Crippen LogP) is 5.17. The van der Waals surface area contributed by atoms with Gasteiger partial charge in [0, 0.05) is 17.8 Å². The third-order valence-corrected chi connectivity index (χ3v) is 6.41. The van der Waals surface area contributed by atoms with Gasteiger partial charge in [0.05, 0.1) is 12.7 Å². The Hall–Kier alpha value is -3.77. The van der Waals surface area contributed by atoms with E-state index in [2.05, 4.69) is 20.0 Å². The molecule has 0 aliphatic rings. The fourth-order valence-electron chi connectivity index (χ4n) is 3.28. The highest BCUT2D eigenvalue weighted by Gasteiger charge is 2.30. The van der Waals surface area contributed by atoms with E-state index in [-0.39, 0.29) is 12.4 Å². The van der Waals surface area contributed by atoms with E-state index in [4.69, 9.17) is 9.15 Å². The molecular formula is C25H23F3N4O4S. The molecule has 0 fully saturated rings. The summed E-state index contributed by atoms with van der Waals surface area (Å²) in [5, 5.41) is 7.61. The lowest BCUT2D eigenvalue weighted by Crippen LogP contribution is -2.16. The Balaban J connectivity index is 1.25. The number of aromatic nitrogens is 4. The van der Waals surface area contributed by atoms with E-state index in [0.29, 0.717) is 40.9 Å². The Morgan fingerprint density at radius 2 is 1.89 bits per heavy atom. The molecule has 0 saturated heterocycles. The maximum atomic E-state index is 12.4. The molecule has 2 aromatic heterocycles. The van der Waals surface area contributed by atoms with E-state index < -0.39 is 17.5 Å². The molecule has 0 spiro atoms. The van der Waals surface area contributed by atoms with Gasteiger partial charge in [0.1, 0.15) is 41.6 Å². The van der Waals surface area contributed by atoms with Crippen LogP contribution in [0, 0.1) is 6.92 Å². The normalized spacial score (nSPS) is 12.7. The molecular weight excluding hydrogens is 509 g/mol. The minimum atomic E-state index is -4.73. The first-order valence-electron chi connectivity index (χ1n) is 11.1. The van der Waals surface area contributed by atoms with Crippen LogP contribution >= 0.6 is 0 Å². The van der Waals surface area contributed by atoms with Crippen LogP contribution in [0.25, 0.3) is 12.2 Å². The van der Waals surface area contributed by atoms with Crippen LogP contribution in [0.4, 0.5) is 13.2 Å². The van der Waals surface area contributed by atoms with Gasteiger partial charge in [0.15, 0.2) is 0 Å². The molecule has 0 radical (unpaired) electrons. The standard InChI is InChI=1S/C25H23F3N4O4S/c1-18-14-23(8-5-20(18)17-37(33)13-12-32-11-10-29-31-32)34-15-21-16-35-24(30-21)9-4-19-2-6-22(7-3-19)36-25(26,27)28/h2-11,14,16H,12-13,15,17H2,1H3/b9-4+. The lowest BCUT2D eigenvalue weighted by Gasteiger charge is -2.13. The van der Waals surface area contributed by atoms with Crippen LogP contribution in [-0.4, -0.2) is 36.6 Å². The number of rotatable bonds is 11. The van der Waals surface area contributed by atoms with Gasteiger partial charge in [-0.15, -0.1) is 18.3 Å². The lowest BCUT2D eigenvalue weighted by atomic mass is 10.1. The van der Waals surface area contributed by atoms with Crippen LogP contribution in [0.3, 0.4) is 0 Å². The Morgan fingerprint density at radius 3 is 2.59 bits per heavy atom. The van der Waals surface area contributed by atoms with Crippen molar-refractivity contribution in [3.63, 3.8) is 0 Å². The number of halogens is 3. The zero-order chi connectivity index (χ0) is 26.3. The van der Waals surface area contributed by atoms with Gasteiger partial charge in [0.25, 0.3) is 0 Å². The summed E-state index contributed by atoms with van der Waals surface area (Å²) in [5.41, 5.74) is 3.18. The van der Waals surface area contributed by atoms with Crippen LogP contribution in [0.15, 0.2) is 65.5 Å². The molecule has 2 aromatic carbocycles. The van der Waals surface area contributed by atoms with Crippen molar-refractivity contribution < 1.29 is 31.6 Å². The summed E-state index contributed by atoms with van der Waals surface area (Å²) < 4.78 is 65.9. The second-order valence-electron chi connectivity index (χ2n) is 7.96. The van der Waals surface area contributed by atoms with E-state index in [0.717, 1.165) is 11.1 Å². The minimum Gasteiger partial charge on any atom is -0.616 e. The maximum absolute atomic E-state index is 12.4. The van der Waals surface area contributed by atoms with Gasteiger partial charge in [-0.25, -0.2) is 9.67 Å². The average Bonchev–Trinajstić information content (AvgIpc) is 3.54. The molecule has 1 atom stereocenters. The van der Waals surface area contributed by atoms with Gasteiger partial charge in [-0.05, 0) is 59.6 Å². The molecule has 2 heterocycles. The monoisotopic (exact) mass is 532 g/mol. The maximum Gasteiger partial charge on any atom is 0.573 e. The number of alkyl halides is 3. The molecule has 0 aliphatic carbocycles. The van der Waals surface area contributed by atoms with Crippen molar-refractivity contribution in [1.29, 1.82) is 0 Å². The van der Waals surface area contributed by atoms with E-state index in [1.807, 2.05) is 25.1 Å². The van der Waals surface area contributed by atoms with Crippen molar-refractivity contribution in [2.24, 2.45) is 0 Å². The number of ether oxygens (including phenoxy) is 2. The molecule has 37 heavy (non-hydrogen) atoms. The quantitative estimate of drug-likeness (QED) is 0.246. The fraction of sp³-hybridized carbons (Fsp3) is 0.240. The van der Waals surface area contributed by atoms with Crippen LogP contribution in [0.1, 0.15) is 28.3 Å². The Morgan fingerprint density at radius 1 is 1.11 bits per heavy atom. The number of oxazole rings is 1. The minimum absolute atomic E-state index is 0.184. The smallest absolute Gasteiger partial charge is 0.573 e. The highest BCUT2D eigenvalue weighted by atomic mass is 32.2. The molecule has 1 unspecified atom stereocenters. The van der Waals surface area contributed by atoms with Crippen LogP contribution in [0.2, 0.25) is 0 Å². The van der Waals surface area contributed by atoms with Crippen molar-refractivity contribution in [2.75, 3.05) is 5.75 Å². The average molecular weight is 533 g/mol. The van der Waals surface area contributed by atoms with E-state index in [9.17, 15) is 17.7 Å². The van der Waals surface area contributed by atoms with Gasteiger partial charge in [-0.3, -0.25) is 0 Å². The first-order chi connectivity index (χ1) is 17.7.